The summed E-state index contributed by atoms with van der Waals surface area (Å²) < 4.78 is 1.79. The first-order chi connectivity index (χ1) is 7.75. The van der Waals surface area contributed by atoms with Crippen molar-refractivity contribution in [3.05, 3.63) is 11.9 Å². The van der Waals surface area contributed by atoms with Crippen molar-refractivity contribution < 1.29 is 4.79 Å². The number of aromatic nitrogens is 3. The molecule has 88 valence electrons. The van der Waals surface area contributed by atoms with E-state index in [2.05, 4.69) is 15.6 Å². The highest BCUT2D eigenvalue weighted by atomic mass is 16.1. The molecule has 2 heterocycles. The zero-order chi connectivity index (χ0) is 11.4. The van der Waals surface area contributed by atoms with Gasteiger partial charge in [-0.3, -0.25) is 9.48 Å². The number of hydrogen-bond acceptors (Lipinski definition) is 4. The predicted octanol–water partition coefficient (Wildman–Crippen LogP) is 0.870. The van der Waals surface area contributed by atoms with Crippen LogP contribution in [0.2, 0.25) is 0 Å². The molecule has 0 radical (unpaired) electrons. The normalized spacial score (nSPS) is 21.7. The molecule has 1 atom stereocenters. The van der Waals surface area contributed by atoms with Crippen LogP contribution >= 0.6 is 0 Å². The van der Waals surface area contributed by atoms with Gasteiger partial charge in [-0.05, 0) is 31.8 Å². The van der Waals surface area contributed by atoms with Crippen molar-refractivity contribution in [1.29, 1.82) is 0 Å². The summed E-state index contributed by atoms with van der Waals surface area (Å²) in [5.74, 6) is 0.578. The van der Waals surface area contributed by atoms with E-state index in [0.717, 1.165) is 19.6 Å². The van der Waals surface area contributed by atoms with Gasteiger partial charge >= 0.3 is 0 Å². The molecule has 16 heavy (non-hydrogen) atoms. The van der Waals surface area contributed by atoms with Gasteiger partial charge in [0, 0.05) is 13.5 Å². The van der Waals surface area contributed by atoms with Crippen molar-refractivity contribution in [2.24, 2.45) is 5.92 Å². The van der Waals surface area contributed by atoms with E-state index in [1.54, 1.807) is 10.9 Å². The van der Waals surface area contributed by atoms with E-state index >= 15 is 0 Å². The molecule has 0 aromatic carbocycles. The Hall–Kier alpha value is -1.23. The first-order valence-electron chi connectivity index (χ1n) is 5.87. The summed E-state index contributed by atoms with van der Waals surface area (Å²) in [6, 6.07) is 0. The number of rotatable bonds is 3. The zero-order valence-electron chi connectivity index (χ0n) is 9.65. The number of Topliss-reactive ketones (excluding diaryl/α,β-unsaturated/α-hetero) is 1. The molecule has 1 unspecified atom stereocenters. The van der Waals surface area contributed by atoms with Crippen LogP contribution < -0.4 is 5.32 Å². The Balaban J connectivity index is 1.94. The first kappa shape index (κ1) is 11.3. The fourth-order valence-electron chi connectivity index (χ4n) is 2.06. The monoisotopic (exact) mass is 222 g/mol. The quantitative estimate of drug-likeness (QED) is 0.771. The Morgan fingerprint density at radius 1 is 1.62 bits per heavy atom. The van der Waals surface area contributed by atoms with Gasteiger partial charge in [0.05, 0.1) is 6.20 Å². The molecule has 5 heteroatoms. The van der Waals surface area contributed by atoms with Crippen LogP contribution in [0.4, 0.5) is 0 Å². The van der Waals surface area contributed by atoms with Gasteiger partial charge in [-0.25, -0.2) is 0 Å². The summed E-state index contributed by atoms with van der Waals surface area (Å²) in [7, 11) is 0. The Bertz CT molecular complexity index is 353. The Morgan fingerprint density at radius 2 is 2.50 bits per heavy atom. The van der Waals surface area contributed by atoms with Crippen LogP contribution in [-0.2, 0) is 6.54 Å². The second kappa shape index (κ2) is 5.21. The number of carbonyl (C=O) groups is 1. The topological polar surface area (TPSA) is 59.8 Å². The minimum Gasteiger partial charge on any atom is -0.316 e. The molecule has 1 aliphatic rings. The van der Waals surface area contributed by atoms with Crippen LogP contribution in [-0.4, -0.2) is 33.9 Å². The molecular weight excluding hydrogens is 204 g/mol. The molecule has 1 aromatic rings. The van der Waals surface area contributed by atoms with Crippen LogP contribution in [0.1, 0.15) is 36.7 Å². The summed E-state index contributed by atoms with van der Waals surface area (Å²) in [5, 5.41) is 11.2. The molecule has 0 spiro atoms. The van der Waals surface area contributed by atoms with Crippen LogP contribution in [0.25, 0.3) is 0 Å². The molecule has 1 fully saturated rings. The fraction of sp³-hybridized carbons (Fsp3) is 0.727. The standard InChI is InChI=1S/C11H18N4O/c1-9(16)11-8-15(14-13-11)7-10-4-2-3-5-12-6-10/h8,10,12H,2-7H2,1H3. The summed E-state index contributed by atoms with van der Waals surface area (Å²) >= 11 is 0. The molecule has 0 amide bonds. The summed E-state index contributed by atoms with van der Waals surface area (Å²) in [4.78, 5) is 11.1. The molecule has 1 aliphatic heterocycles. The molecular formula is C11H18N4O. The zero-order valence-corrected chi connectivity index (χ0v) is 9.65. The number of nitrogens with one attached hydrogen (secondary N) is 1. The lowest BCUT2D eigenvalue weighted by Crippen LogP contribution is -2.24. The third-order valence-electron chi connectivity index (χ3n) is 2.99. The minimum atomic E-state index is -0.0229. The first-order valence-corrected chi connectivity index (χ1v) is 5.87. The van der Waals surface area contributed by atoms with Gasteiger partial charge in [0.2, 0.25) is 0 Å². The second-order valence-electron chi connectivity index (χ2n) is 4.45. The molecule has 1 saturated heterocycles. The summed E-state index contributed by atoms with van der Waals surface area (Å²) in [6.45, 7) is 4.52. The summed E-state index contributed by atoms with van der Waals surface area (Å²) in [6.07, 6.45) is 5.49. The predicted molar refractivity (Wildman–Crippen MR) is 60.2 cm³/mol. The van der Waals surface area contributed by atoms with Gasteiger partial charge in [-0.15, -0.1) is 5.10 Å². The third kappa shape index (κ3) is 2.88. The van der Waals surface area contributed by atoms with Crippen molar-refractivity contribution in [1.82, 2.24) is 20.3 Å². The van der Waals surface area contributed by atoms with Crippen LogP contribution in [0.15, 0.2) is 6.20 Å². The Morgan fingerprint density at radius 3 is 3.25 bits per heavy atom. The van der Waals surface area contributed by atoms with E-state index in [0.29, 0.717) is 11.6 Å². The lowest BCUT2D eigenvalue weighted by Gasteiger charge is -2.13. The molecule has 0 bridgehead atoms. The minimum absolute atomic E-state index is 0.0229. The maximum Gasteiger partial charge on any atom is 0.181 e. The van der Waals surface area contributed by atoms with Gasteiger partial charge in [-0.2, -0.15) is 0 Å². The van der Waals surface area contributed by atoms with E-state index in [4.69, 9.17) is 0 Å². The van der Waals surface area contributed by atoms with E-state index < -0.39 is 0 Å². The molecule has 1 aromatic heterocycles. The summed E-state index contributed by atoms with van der Waals surface area (Å²) in [5.41, 5.74) is 0.460. The molecule has 2 rings (SSSR count). The van der Waals surface area contributed by atoms with Gasteiger partial charge in [-0.1, -0.05) is 11.6 Å². The van der Waals surface area contributed by atoms with Crippen molar-refractivity contribution in [3.63, 3.8) is 0 Å². The van der Waals surface area contributed by atoms with E-state index in [9.17, 15) is 4.79 Å². The second-order valence-corrected chi connectivity index (χ2v) is 4.45. The number of ketones is 1. The molecule has 0 aliphatic carbocycles. The largest absolute Gasteiger partial charge is 0.316 e. The maximum absolute atomic E-state index is 11.1. The van der Waals surface area contributed by atoms with E-state index in [1.807, 2.05) is 0 Å². The maximum atomic E-state index is 11.1. The van der Waals surface area contributed by atoms with Gasteiger partial charge in [0.1, 0.15) is 5.69 Å². The third-order valence-corrected chi connectivity index (χ3v) is 2.99. The molecule has 5 nitrogen and oxygen atoms in total. The van der Waals surface area contributed by atoms with Gasteiger partial charge in [0.15, 0.2) is 5.78 Å². The molecule has 1 N–H and O–H groups in total. The highest BCUT2D eigenvalue weighted by Gasteiger charge is 2.14. The van der Waals surface area contributed by atoms with Gasteiger partial charge in [0.25, 0.3) is 0 Å². The highest BCUT2D eigenvalue weighted by molar-refractivity contribution is 5.91. The highest BCUT2D eigenvalue weighted by Crippen LogP contribution is 2.13. The van der Waals surface area contributed by atoms with Gasteiger partial charge < -0.3 is 5.32 Å². The smallest absolute Gasteiger partial charge is 0.181 e. The Labute approximate surface area is 95.2 Å². The number of carbonyl (C=O) groups excluding carboxylic acids is 1. The van der Waals surface area contributed by atoms with Crippen molar-refractivity contribution in [3.8, 4) is 0 Å². The van der Waals surface area contributed by atoms with Crippen LogP contribution in [0, 0.1) is 5.92 Å². The fourth-order valence-corrected chi connectivity index (χ4v) is 2.06. The Kier molecular flexibility index (Phi) is 3.66. The van der Waals surface area contributed by atoms with Crippen LogP contribution in [0.3, 0.4) is 0 Å². The van der Waals surface area contributed by atoms with Crippen molar-refractivity contribution in [2.75, 3.05) is 13.1 Å². The molecule has 0 saturated carbocycles. The average Bonchev–Trinajstić information content (AvgIpc) is 2.56. The number of nitrogens with zero attached hydrogens (tertiary/aromatic N) is 3. The average molecular weight is 222 g/mol. The van der Waals surface area contributed by atoms with Crippen molar-refractivity contribution >= 4 is 5.78 Å². The van der Waals surface area contributed by atoms with E-state index in [1.165, 1.54) is 26.2 Å². The SMILES string of the molecule is CC(=O)c1cn(CC2CCCCNC2)nn1. The van der Waals surface area contributed by atoms with E-state index in [-0.39, 0.29) is 5.78 Å². The van der Waals surface area contributed by atoms with Crippen molar-refractivity contribution in [2.45, 2.75) is 32.7 Å². The number of hydrogen-bond donors (Lipinski definition) is 1. The lowest BCUT2D eigenvalue weighted by molar-refractivity contribution is 0.101. The van der Waals surface area contributed by atoms with Crippen LogP contribution in [0.5, 0.6) is 0 Å². The lowest BCUT2D eigenvalue weighted by atomic mass is 10.0.